The van der Waals surface area contributed by atoms with Crippen molar-refractivity contribution in [1.29, 1.82) is 0 Å². The van der Waals surface area contributed by atoms with Gasteiger partial charge < -0.3 is 4.90 Å². The summed E-state index contributed by atoms with van der Waals surface area (Å²) >= 11 is 1.90. The summed E-state index contributed by atoms with van der Waals surface area (Å²) in [6.07, 6.45) is 0. The van der Waals surface area contributed by atoms with Gasteiger partial charge in [0, 0.05) is 26.7 Å². The van der Waals surface area contributed by atoms with Gasteiger partial charge in [-0.1, -0.05) is 200 Å². The van der Waals surface area contributed by atoms with E-state index in [1.807, 2.05) is 11.8 Å². The van der Waals surface area contributed by atoms with Crippen molar-refractivity contribution in [3.05, 3.63) is 259 Å². The van der Waals surface area contributed by atoms with Crippen LogP contribution in [0, 0.1) is 0 Å². The largest absolute Gasteiger partial charge is 0.310 e. The summed E-state index contributed by atoms with van der Waals surface area (Å²) < 4.78 is 0. The molecule has 12 rings (SSSR count). The van der Waals surface area contributed by atoms with Crippen LogP contribution in [-0.2, 0) is 5.41 Å². The number of anilines is 3. The molecule has 2 heteroatoms. The molecule has 0 N–H and O–H groups in total. The molecule has 1 spiro atoms. The van der Waals surface area contributed by atoms with Gasteiger partial charge in [-0.3, -0.25) is 0 Å². The maximum Gasteiger partial charge on any atom is 0.0742 e. The smallest absolute Gasteiger partial charge is 0.0742 e. The maximum absolute atomic E-state index is 2.51. The second kappa shape index (κ2) is 14.4. The van der Waals surface area contributed by atoms with Crippen molar-refractivity contribution >= 4 is 39.6 Å². The first-order chi connectivity index (χ1) is 30.3. The fourth-order valence-electron chi connectivity index (χ4n) is 10.1. The highest BCUT2D eigenvalue weighted by Gasteiger charge is 2.51. The van der Waals surface area contributed by atoms with Gasteiger partial charge in [0.05, 0.1) is 11.1 Å². The van der Waals surface area contributed by atoms with E-state index in [2.05, 4.69) is 241 Å². The van der Waals surface area contributed by atoms with Crippen molar-refractivity contribution in [2.75, 3.05) is 4.90 Å². The topological polar surface area (TPSA) is 3.24 Å². The van der Waals surface area contributed by atoms with Crippen LogP contribution in [0.2, 0.25) is 0 Å². The molecule has 286 valence electrons. The van der Waals surface area contributed by atoms with Crippen LogP contribution in [0.15, 0.2) is 246 Å². The van der Waals surface area contributed by atoms with Gasteiger partial charge in [0.2, 0.25) is 0 Å². The summed E-state index contributed by atoms with van der Waals surface area (Å²) in [4.78, 5) is 5.07. The molecule has 61 heavy (non-hydrogen) atoms. The third-order valence-electron chi connectivity index (χ3n) is 12.7. The third kappa shape index (κ3) is 5.64. The summed E-state index contributed by atoms with van der Waals surface area (Å²) in [6, 6.07) is 87.4. The van der Waals surface area contributed by atoms with Crippen LogP contribution in [0.3, 0.4) is 0 Å². The molecule has 0 bridgehead atoms. The number of fused-ring (bicyclic) bond motifs is 11. The van der Waals surface area contributed by atoms with Crippen LogP contribution in [0.1, 0.15) is 22.3 Å². The monoisotopic (exact) mass is 793 g/mol. The summed E-state index contributed by atoms with van der Waals surface area (Å²) in [5, 5.41) is 2.56. The van der Waals surface area contributed by atoms with E-state index >= 15 is 0 Å². The zero-order valence-electron chi connectivity index (χ0n) is 33.4. The van der Waals surface area contributed by atoms with Crippen molar-refractivity contribution < 1.29 is 0 Å². The van der Waals surface area contributed by atoms with Gasteiger partial charge in [-0.2, -0.15) is 0 Å². The zero-order valence-corrected chi connectivity index (χ0v) is 34.2. The van der Waals surface area contributed by atoms with Gasteiger partial charge in [-0.05, 0) is 121 Å². The van der Waals surface area contributed by atoms with Crippen LogP contribution >= 0.6 is 11.8 Å². The Bertz CT molecular complexity index is 3220. The minimum Gasteiger partial charge on any atom is -0.310 e. The lowest BCUT2D eigenvalue weighted by atomic mass is 9.66. The Hall–Kier alpha value is -7.39. The van der Waals surface area contributed by atoms with Gasteiger partial charge in [0.1, 0.15) is 0 Å². The molecule has 10 aromatic carbocycles. The van der Waals surface area contributed by atoms with Crippen molar-refractivity contribution in [2.24, 2.45) is 0 Å². The van der Waals surface area contributed by atoms with E-state index in [0.29, 0.717) is 0 Å². The molecular weight excluding hydrogens is 755 g/mol. The van der Waals surface area contributed by atoms with Crippen LogP contribution in [0.5, 0.6) is 0 Å². The predicted octanol–water partition coefficient (Wildman–Crippen LogP) is 16.1. The molecule has 0 unspecified atom stereocenters. The molecular formula is C59H39NS. The van der Waals surface area contributed by atoms with Crippen molar-refractivity contribution in [1.82, 2.24) is 0 Å². The molecule has 0 fully saturated rings. The van der Waals surface area contributed by atoms with Gasteiger partial charge in [-0.25, -0.2) is 0 Å². The highest BCUT2D eigenvalue weighted by molar-refractivity contribution is 7.99. The first-order valence-corrected chi connectivity index (χ1v) is 21.8. The Morgan fingerprint density at radius 3 is 1.54 bits per heavy atom. The average molecular weight is 794 g/mol. The fraction of sp³-hybridized carbons (Fsp3) is 0.0169. The van der Waals surface area contributed by atoms with Gasteiger partial charge in [-0.15, -0.1) is 0 Å². The lowest BCUT2D eigenvalue weighted by Crippen LogP contribution is -2.32. The van der Waals surface area contributed by atoms with Crippen LogP contribution < -0.4 is 4.90 Å². The molecule has 1 aliphatic heterocycles. The lowest BCUT2D eigenvalue weighted by Gasteiger charge is -2.41. The van der Waals surface area contributed by atoms with Gasteiger partial charge >= 0.3 is 0 Å². The molecule has 10 aromatic rings. The zero-order chi connectivity index (χ0) is 40.3. The molecule has 0 saturated carbocycles. The second-order valence-corrected chi connectivity index (χ2v) is 17.1. The number of nitrogens with zero attached hydrogens (tertiary/aromatic N) is 1. The molecule has 2 aliphatic rings. The Morgan fingerprint density at radius 2 is 0.852 bits per heavy atom. The SMILES string of the molecule is c1ccc(-c2ccc(N(c3ccc4c(c3)C3(c5ccccc5-c5ccccc53)c3c(ccc5ccccc35)S4)c3ccc(-c4ccccc4)cc3-c3ccccc3)cc2)cc1. The van der Waals surface area contributed by atoms with Crippen molar-refractivity contribution in [3.63, 3.8) is 0 Å². The Balaban J connectivity index is 1.15. The minimum absolute atomic E-state index is 0.539. The summed E-state index contributed by atoms with van der Waals surface area (Å²) in [7, 11) is 0. The number of rotatable bonds is 6. The molecule has 1 nitrogen and oxygen atoms in total. The highest BCUT2D eigenvalue weighted by atomic mass is 32.2. The second-order valence-electron chi connectivity index (χ2n) is 16.0. The number of hydrogen-bond acceptors (Lipinski definition) is 2. The summed E-state index contributed by atoms with van der Waals surface area (Å²) in [6.45, 7) is 0. The molecule has 0 radical (unpaired) electrons. The van der Waals surface area contributed by atoms with Crippen LogP contribution in [0.25, 0.3) is 55.3 Å². The number of benzene rings is 10. The van der Waals surface area contributed by atoms with Crippen molar-refractivity contribution in [2.45, 2.75) is 15.2 Å². The fourth-order valence-corrected chi connectivity index (χ4v) is 11.3. The van der Waals surface area contributed by atoms with E-state index in [4.69, 9.17) is 0 Å². The predicted molar refractivity (Wildman–Crippen MR) is 256 cm³/mol. The first kappa shape index (κ1) is 35.5. The molecule has 0 amide bonds. The van der Waals surface area contributed by atoms with Crippen LogP contribution in [-0.4, -0.2) is 0 Å². The average Bonchev–Trinajstić information content (AvgIpc) is 3.63. The van der Waals surface area contributed by atoms with E-state index in [1.54, 1.807) is 0 Å². The van der Waals surface area contributed by atoms with Gasteiger partial charge in [0.25, 0.3) is 0 Å². The minimum atomic E-state index is -0.539. The highest BCUT2D eigenvalue weighted by Crippen LogP contribution is 2.64. The normalized spacial score (nSPS) is 13.0. The van der Waals surface area contributed by atoms with Crippen LogP contribution in [0.4, 0.5) is 17.1 Å². The third-order valence-corrected chi connectivity index (χ3v) is 13.9. The Labute approximate surface area is 361 Å². The lowest BCUT2D eigenvalue weighted by molar-refractivity contribution is 0.730. The van der Waals surface area contributed by atoms with Crippen molar-refractivity contribution in [3.8, 4) is 44.5 Å². The van der Waals surface area contributed by atoms with Gasteiger partial charge in [0.15, 0.2) is 0 Å². The Kier molecular flexibility index (Phi) is 8.40. The molecule has 1 aliphatic carbocycles. The Morgan fingerprint density at radius 1 is 0.328 bits per heavy atom. The van der Waals surface area contributed by atoms with E-state index in [9.17, 15) is 0 Å². The standard InChI is InChI=1S/C59H39NS/c1-4-16-40(17-5-1)42-28-32-46(33-29-42)60(55-35-30-45(41-18-6-2-7-19-41)38-51(55)43-20-8-3-9-21-43)47-34-37-56-54(39-47)59(58-48-23-11-10-22-44(48)31-36-57(58)61-56)52-26-14-12-24-49(52)50-25-13-15-27-53(50)59/h1-39H. The first-order valence-electron chi connectivity index (χ1n) is 21.0. The molecule has 0 atom stereocenters. The molecule has 0 aromatic heterocycles. The molecule has 1 heterocycles. The van der Waals surface area contributed by atoms with E-state index in [-0.39, 0.29) is 0 Å². The number of hydrogen-bond donors (Lipinski definition) is 0. The quantitative estimate of drug-likeness (QED) is 0.165. The molecule has 0 saturated heterocycles. The van der Waals surface area contributed by atoms with E-state index in [0.717, 1.165) is 17.1 Å². The van der Waals surface area contributed by atoms with E-state index < -0.39 is 5.41 Å². The maximum atomic E-state index is 2.51. The van der Waals surface area contributed by atoms with E-state index in [1.165, 1.54) is 87.3 Å². The summed E-state index contributed by atoms with van der Waals surface area (Å²) in [5.41, 5.74) is 17.9. The summed E-state index contributed by atoms with van der Waals surface area (Å²) in [5.74, 6) is 0.